The lowest BCUT2D eigenvalue weighted by Crippen LogP contribution is -2.27. The molecule has 0 aliphatic heterocycles. The molecule has 0 aliphatic carbocycles. The van der Waals surface area contributed by atoms with Gasteiger partial charge in [0.15, 0.2) is 0 Å². The van der Waals surface area contributed by atoms with Gasteiger partial charge in [0.1, 0.15) is 0 Å². The first-order valence-corrected chi connectivity index (χ1v) is 8.20. The van der Waals surface area contributed by atoms with Crippen LogP contribution in [0.1, 0.15) is 22.7 Å². The maximum atomic E-state index is 5.92. The molecule has 1 atom stereocenters. The molecule has 0 radical (unpaired) electrons. The van der Waals surface area contributed by atoms with Crippen molar-refractivity contribution in [3.63, 3.8) is 0 Å². The summed E-state index contributed by atoms with van der Waals surface area (Å²) >= 11 is 0. The van der Waals surface area contributed by atoms with Gasteiger partial charge in [0.05, 0.1) is 6.04 Å². The van der Waals surface area contributed by atoms with Crippen LogP contribution in [0.25, 0.3) is 0 Å². The van der Waals surface area contributed by atoms with E-state index in [1.165, 1.54) is 11.1 Å². The third-order valence-electron chi connectivity index (χ3n) is 4.10. The lowest BCUT2D eigenvalue weighted by Gasteiger charge is -2.29. The number of rotatable bonds is 6. The average molecular weight is 311 g/mol. The van der Waals surface area contributed by atoms with E-state index in [2.05, 4.69) is 71.5 Å². The van der Waals surface area contributed by atoms with Crippen LogP contribution in [0.5, 0.6) is 0 Å². The second kappa shape index (κ2) is 8.15. The number of benzene rings is 3. The van der Waals surface area contributed by atoms with Crippen molar-refractivity contribution in [1.29, 1.82) is 0 Å². The first-order valence-electron chi connectivity index (χ1n) is 8.20. The fourth-order valence-electron chi connectivity index (χ4n) is 2.92. The van der Waals surface area contributed by atoms with E-state index in [4.69, 9.17) is 6.42 Å². The van der Waals surface area contributed by atoms with E-state index in [1.807, 2.05) is 30.3 Å². The third kappa shape index (κ3) is 4.13. The zero-order valence-electron chi connectivity index (χ0n) is 13.7. The Balaban J connectivity index is 1.90. The molecule has 3 aromatic carbocycles. The minimum Gasteiger partial charge on any atom is -0.278 e. The van der Waals surface area contributed by atoms with Crippen molar-refractivity contribution < 1.29 is 0 Å². The summed E-state index contributed by atoms with van der Waals surface area (Å²) < 4.78 is 0. The van der Waals surface area contributed by atoms with Gasteiger partial charge < -0.3 is 0 Å². The van der Waals surface area contributed by atoms with E-state index in [0.717, 1.165) is 18.7 Å². The molecule has 0 aliphatic rings. The average Bonchev–Trinajstić information content (AvgIpc) is 2.65. The Morgan fingerprint density at radius 3 is 1.50 bits per heavy atom. The molecule has 1 unspecified atom stereocenters. The zero-order chi connectivity index (χ0) is 16.6. The van der Waals surface area contributed by atoms with E-state index in [1.54, 1.807) is 0 Å². The molecule has 0 amide bonds. The number of hydrogen-bond donors (Lipinski definition) is 0. The largest absolute Gasteiger partial charge is 0.278 e. The van der Waals surface area contributed by atoms with Gasteiger partial charge in [-0.05, 0) is 16.7 Å². The van der Waals surface area contributed by atoms with Gasteiger partial charge in [-0.3, -0.25) is 4.90 Å². The highest BCUT2D eigenvalue weighted by molar-refractivity contribution is 5.27. The second-order valence-electron chi connectivity index (χ2n) is 5.86. The van der Waals surface area contributed by atoms with Crippen LogP contribution in [0.4, 0.5) is 0 Å². The molecule has 0 N–H and O–H groups in total. The SMILES string of the molecule is C#CC(c1ccccc1)N(Cc1ccccc1)Cc1ccccc1. The van der Waals surface area contributed by atoms with Crippen LogP contribution < -0.4 is 0 Å². The normalized spacial score (nSPS) is 11.8. The molecule has 118 valence electrons. The van der Waals surface area contributed by atoms with Crippen molar-refractivity contribution in [3.8, 4) is 12.3 Å². The van der Waals surface area contributed by atoms with Crippen molar-refractivity contribution in [2.45, 2.75) is 19.1 Å². The highest BCUT2D eigenvalue weighted by atomic mass is 15.1. The molecule has 0 bridgehead atoms. The molecule has 3 rings (SSSR count). The van der Waals surface area contributed by atoms with Crippen LogP contribution in [0.3, 0.4) is 0 Å². The molecular weight excluding hydrogens is 290 g/mol. The quantitative estimate of drug-likeness (QED) is 0.575. The monoisotopic (exact) mass is 311 g/mol. The molecule has 24 heavy (non-hydrogen) atoms. The molecule has 0 saturated carbocycles. The molecule has 0 heterocycles. The number of hydrogen-bond acceptors (Lipinski definition) is 1. The molecule has 0 spiro atoms. The van der Waals surface area contributed by atoms with E-state index in [9.17, 15) is 0 Å². The van der Waals surface area contributed by atoms with Crippen LogP contribution in [-0.4, -0.2) is 4.90 Å². The molecule has 0 aromatic heterocycles. The summed E-state index contributed by atoms with van der Waals surface area (Å²) in [5.41, 5.74) is 3.70. The van der Waals surface area contributed by atoms with Gasteiger partial charge in [0.25, 0.3) is 0 Å². The third-order valence-corrected chi connectivity index (χ3v) is 4.10. The Morgan fingerprint density at radius 2 is 1.08 bits per heavy atom. The number of terminal acetylenes is 1. The summed E-state index contributed by atoms with van der Waals surface area (Å²) in [6.07, 6.45) is 5.92. The maximum Gasteiger partial charge on any atom is 0.0973 e. The predicted octanol–water partition coefficient (Wildman–Crippen LogP) is 5.06. The van der Waals surface area contributed by atoms with Gasteiger partial charge in [-0.25, -0.2) is 0 Å². The fraction of sp³-hybridized carbons (Fsp3) is 0.130. The highest BCUT2D eigenvalue weighted by Crippen LogP contribution is 2.24. The predicted molar refractivity (Wildman–Crippen MR) is 100 cm³/mol. The number of nitrogens with zero attached hydrogens (tertiary/aromatic N) is 1. The zero-order valence-corrected chi connectivity index (χ0v) is 13.7. The van der Waals surface area contributed by atoms with Crippen molar-refractivity contribution in [3.05, 3.63) is 108 Å². The van der Waals surface area contributed by atoms with Crippen molar-refractivity contribution in [2.75, 3.05) is 0 Å². The van der Waals surface area contributed by atoms with Gasteiger partial charge in [0.2, 0.25) is 0 Å². The van der Waals surface area contributed by atoms with E-state index >= 15 is 0 Å². The minimum absolute atomic E-state index is 0.0494. The van der Waals surface area contributed by atoms with E-state index < -0.39 is 0 Å². The Hall–Kier alpha value is -2.82. The summed E-state index contributed by atoms with van der Waals surface area (Å²) in [6.45, 7) is 1.64. The van der Waals surface area contributed by atoms with E-state index in [-0.39, 0.29) is 6.04 Å². The second-order valence-corrected chi connectivity index (χ2v) is 5.86. The summed E-state index contributed by atoms with van der Waals surface area (Å²) in [6, 6.07) is 31.2. The molecular formula is C23H21N. The Labute approximate surface area is 144 Å². The molecule has 0 fully saturated rings. The summed E-state index contributed by atoms with van der Waals surface area (Å²) in [5.74, 6) is 2.98. The van der Waals surface area contributed by atoms with Crippen molar-refractivity contribution in [2.24, 2.45) is 0 Å². The van der Waals surface area contributed by atoms with Crippen LogP contribution >= 0.6 is 0 Å². The van der Waals surface area contributed by atoms with Crippen molar-refractivity contribution in [1.82, 2.24) is 4.90 Å². The molecule has 0 saturated heterocycles. The smallest absolute Gasteiger partial charge is 0.0973 e. The highest BCUT2D eigenvalue weighted by Gasteiger charge is 2.18. The van der Waals surface area contributed by atoms with Gasteiger partial charge in [-0.2, -0.15) is 0 Å². The molecule has 1 heteroatoms. The Bertz CT molecular complexity index is 731. The van der Waals surface area contributed by atoms with Gasteiger partial charge in [-0.15, -0.1) is 6.42 Å². The summed E-state index contributed by atoms with van der Waals surface area (Å²) in [5, 5.41) is 0. The van der Waals surface area contributed by atoms with Gasteiger partial charge >= 0.3 is 0 Å². The van der Waals surface area contributed by atoms with Crippen LogP contribution in [0, 0.1) is 12.3 Å². The lowest BCUT2D eigenvalue weighted by molar-refractivity contribution is 0.219. The summed E-state index contributed by atoms with van der Waals surface area (Å²) in [7, 11) is 0. The minimum atomic E-state index is -0.0494. The standard InChI is InChI=1S/C23H21N/c1-2-23(22-16-10-5-11-17-22)24(18-20-12-6-3-7-13-20)19-21-14-8-4-9-15-21/h1,3-17,23H,18-19H2. The van der Waals surface area contributed by atoms with Crippen LogP contribution in [-0.2, 0) is 13.1 Å². The first-order chi connectivity index (χ1) is 11.9. The fourth-order valence-corrected chi connectivity index (χ4v) is 2.92. The van der Waals surface area contributed by atoms with E-state index in [0.29, 0.717) is 0 Å². The van der Waals surface area contributed by atoms with Gasteiger partial charge in [-0.1, -0.05) is 96.9 Å². The Morgan fingerprint density at radius 1 is 0.667 bits per heavy atom. The van der Waals surface area contributed by atoms with Crippen LogP contribution in [0.15, 0.2) is 91.0 Å². The Kier molecular flexibility index (Phi) is 5.45. The first kappa shape index (κ1) is 16.1. The van der Waals surface area contributed by atoms with Crippen LogP contribution in [0.2, 0.25) is 0 Å². The lowest BCUT2D eigenvalue weighted by atomic mass is 10.0. The topological polar surface area (TPSA) is 3.24 Å². The molecule has 1 nitrogen and oxygen atoms in total. The maximum absolute atomic E-state index is 5.92. The molecule has 3 aromatic rings. The van der Waals surface area contributed by atoms with Crippen molar-refractivity contribution >= 4 is 0 Å². The summed E-state index contributed by atoms with van der Waals surface area (Å²) in [4.78, 5) is 2.35. The van der Waals surface area contributed by atoms with Gasteiger partial charge in [0, 0.05) is 13.1 Å².